The molecule has 2 aromatic heterocycles. The average molecular weight is 453 g/mol. The van der Waals surface area contributed by atoms with Crippen LogP contribution in [-0.4, -0.2) is 32.2 Å². The van der Waals surface area contributed by atoms with Crippen molar-refractivity contribution in [3.63, 3.8) is 0 Å². The molecule has 0 unspecified atom stereocenters. The third-order valence-electron chi connectivity index (χ3n) is 4.52. The number of halogens is 1. The van der Waals surface area contributed by atoms with E-state index in [1.807, 2.05) is 11.4 Å². The summed E-state index contributed by atoms with van der Waals surface area (Å²) in [5, 5.41) is 6.53. The van der Waals surface area contributed by atoms with E-state index in [9.17, 15) is 4.39 Å². The highest BCUT2D eigenvalue weighted by Crippen LogP contribution is 2.37. The Morgan fingerprint density at radius 1 is 1.00 bits per heavy atom. The Morgan fingerprint density at radius 3 is 2.31 bits per heavy atom. The molecule has 0 spiro atoms. The SMILES string of the molecule is COc1cc(C=Nn2c(-c3ccco3)csc2=Nc2ccc(F)cc2)cc(OC)c1OC. The topological polar surface area (TPSA) is 70.5 Å². The molecular weight excluding hydrogens is 433 g/mol. The van der Waals surface area contributed by atoms with Gasteiger partial charge in [-0.25, -0.2) is 14.1 Å². The van der Waals surface area contributed by atoms with Crippen molar-refractivity contribution in [2.45, 2.75) is 0 Å². The number of hydrogen-bond acceptors (Lipinski definition) is 7. The zero-order chi connectivity index (χ0) is 22.5. The molecule has 0 saturated carbocycles. The molecule has 0 radical (unpaired) electrons. The monoisotopic (exact) mass is 453 g/mol. The molecule has 0 bridgehead atoms. The molecule has 9 heteroatoms. The number of nitrogens with zero attached hydrogens (tertiary/aromatic N) is 3. The molecule has 4 rings (SSSR count). The van der Waals surface area contributed by atoms with Crippen molar-refractivity contribution >= 4 is 23.2 Å². The van der Waals surface area contributed by atoms with Crippen LogP contribution in [0.15, 0.2) is 74.7 Å². The smallest absolute Gasteiger partial charge is 0.211 e. The zero-order valence-electron chi connectivity index (χ0n) is 17.6. The second-order valence-corrected chi connectivity index (χ2v) is 7.32. The van der Waals surface area contributed by atoms with Crippen LogP contribution in [-0.2, 0) is 0 Å². The van der Waals surface area contributed by atoms with Gasteiger partial charge >= 0.3 is 0 Å². The van der Waals surface area contributed by atoms with Gasteiger partial charge in [0, 0.05) is 10.9 Å². The first-order valence-electron chi connectivity index (χ1n) is 9.52. The van der Waals surface area contributed by atoms with Crippen molar-refractivity contribution in [2.75, 3.05) is 21.3 Å². The molecule has 4 aromatic rings. The second-order valence-electron chi connectivity index (χ2n) is 6.48. The Morgan fingerprint density at radius 2 is 1.72 bits per heavy atom. The van der Waals surface area contributed by atoms with E-state index in [2.05, 4.69) is 10.1 Å². The molecule has 32 heavy (non-hydrogen) atoms. The van der Waals surface area contributed by atoms with Crippen LogP contribution in [0.4, 0.5) is 10.1 Å². The van der Waals surface area contributed by atoms with E-state index in [4.69, 9.17) is 18.6 Å². The molecule has 7 nitrogen and oxygen atoms in total. The molecule has 0 saturated heterocycles. The summed E-state index contributed by atoms with van der Waals surface area (Å²) in [5.74, 6) is 1.86. The van der Waals surface area contributed by atoms with Gasteiger partial charge in [0.15, 0.2) is 17.3 Å². The first-order chi connectivity index (χ1) is 15.6. The van der Waals surface area contributed by atoms with Crippen LogP contribution in [0, 0.1) is 5.82 Å². The van der Waals surface area contributed by atoms with Gasteiger partial charge < -0.3 is 18.6 Å². The number of furan rings is 1. The molecular formula is C23H20FN3O4S. The lowest BCUT2D eigenvalue weighted by Gasteiger charge is -2.12. The Bertz CT molecular complexity index is 1270. The minimum absolute atomic E-state index is 0.320. The highest BCUT2D eigenvalue weighted by atomic mass is 32.1. The predicted octanol–water partition coefficient (Wildman–Crippen LogP) is 5.09. The summed E-state index contributed by atoms with van der Waals surface area (Å²) in [6, 6.07) is 13.2. The molecule has 0 aliphatic heterocycles. The average Bonchev–Trinajstić information content (AvgIpc) is 3.48. The molecule has 0 atom stereocenters. The lowest BCUT2D eigenvalue weighted by atomic mass is 10.2. The fraction of sp³-hybridized carbons (Fsp3) is 0.130. The summed E-state index contributed by atoms with van der Waals surface area (Å²) >= 11 is 1.39. The minimum atomic E-state index is -0.320. The van der Waals surface area contributed by atoms with Gasteiger partial charge in [-0.1, -0.05) is 0 Å². The predicted molar refractivity (Wildman–Crippen MR) is 121 cm³/mol. The van der Waals surface area contributed by atoms with Crippen LogP contribution >= 0.6 is 11.3 Å². The zero-order valence-corrected chi connectivity index (χ0v) is 18.4. The van der Waals surface area contributed by atoms with E-state index in [0.29, 0.717) is 33.5 Å². The number of aromatic nitrogens is 1. The van der Waals surface area contributed by atoms with Crippen LogP contribution in [0.5, 0.6) is 17.2 Å². The van der Waals surface area contributed by atoms with Crippen molar-refractivity contribution in [1.82, 2.24) is 4.68 Å². The maximum atomic E-state index is 13.3. The van der Waals surface area contributed by atoms with Crippen LogP contribution in [0.2, 0.25) is 0 Å². The van der Waals surface area contributed by atoms with E-state index >= 15 is 0 Å². The third-order valence-corrected chi connectivity index (χ3v) is 5.34. The Hall–Kier alpha value is -3.85. The summed E-state index contributed by atoms with van der Waals surface area (Å²) in [6.07, 6.45) is 3.25. The third kappa shape index (κ3) is 4.42. The highest BCUT2D eigenvalue weighted by Gasteiger charge is 2.13. The summed E-state index contributed by atoms with van der Waals surface area (Å²) in [7, 11) is 4.66. The van der Waals surface area contributed by atoms with Gasteiger partial charge in [-0.15, -0.1) is 11.3 Å². The van der Waals surface area contributed by atoms with Crippen molar-refractivity contribution in [1.29, 1.82) is 0 Å². The van der Waals surface area contributed by atoms with Crippen LogP contribution in [0.1, 0.15) is 5.56 Å². The Kier molecular flexibility index (Phi) is 6.37. The molecule has 2 aromatic carbocycles. The fourth-order valence-corrected chi connectivity index (χ4v) is 3.85. The quantitative estimate of drug-likeness (QED) is 0.366. The van der Waals surface area contributed by atoms with Gasteiger partial charge in [0.2, 0.25) is 10.6 Å². The van der Waals surface area contributed by atoms with Crippen LogP contribution in [0.3, 0.4) is 0 Å². The Balaban J connectivity index is 1.81. The molecule has 0 amide bonds. The van der Waals surface area contributed by atoms with Crippen LogP contribution < -0.4 is 19.0 Å². The summed E-state index contributed by atoms with van der Waals surface area (Å²) in [6.45, 7) is 0. The van der Waals surface area contributed by atoms with Gasteiger partial charge in [-0.2, -0.15) is 5.10 Å². The van der Waals surface area contributed by atoms with E-state index in [1.54, 1.807) is 68.8 Å². The number of ether oxygens (including phenoxy) is 3. The highest BCUT2D eigenvalue weighted by molar-refractivity contribution is 7.07. The maximum absolute atomic E-state index is 13.3. The minimum Gasteiger partial charge on any atom is -0.493 e. The van der Waals surface area contributed by atoms with E-state index in [0.717, 1.165) is 11.3 Å². The van der Waals surface area contributed by atoms with Crippen molar-refractivity contribution in [3.05, 3.63) is 76.4 Å². The first-order valence-corrected chi connectivity index (χ1v) is 10.4. The van der Waals surface area contributed by atoms with E-state index < -0.39 is 0 Å². The molecule has 0 fully saturated rings. The van der Waals surface area contributed by atoms with Gasteiger partial charge in [-0.3, -0.25) is 0 Å². The van der Waals surface area contributed by atoms with Crippen molar-refractivity contribution in [2.24, 2.45) is 10.1 Å². The van der Waals surface area contributed by atoms with Gasteiger partial charge in [0.1, 0.15) is 11.5 Å². The molecule has 2 heterocycles. The number of rotatable bonds is 7. The van der Waals surface area contributed by atoms with Crippen LogP contribution in [0.25, 0.3) is 11.5 Å². The Labute approximate surface area is 187 Å². The fourth-order valence-electron chi connectivity index (χ4n) is 3.01. The van der Waals surface area contributed by atoms with Gasteiger partial charge in [0.25, 0.3) is 0 Å². The largest absolute Gasteiger partial charge is 0.493 e. The number of benzene rings is 2. The number of methoxy groups -OCH3 is 3. The second kappa shape index (κ2) is 9.52. The molecule has 0 aliphatic carbocycles. The van der Waals surface area contributed by atoms with E-state index in [1.165, 1.54) is 23.5 Å². The van der Waals surface area contributed by atoms with Crippen molar-refractivity contribution < 1.29 is 23.0 Å². The molecule has 164 valence electrons. The lowest BCUT2D eigenvalue weighted by molar-refractivity contribution is 0.324. The standard InChI is InChI=1S/C23H20FN3O4S/c1-28-20-11-15(12-21(29-2)22(20)30-3)13-25-27-18(19-5-4-10-31-19)14-32-23(27)26-17-8-6-16(24)7-9-17/h4-14H,1-3H3. The molecule has 0 aliphatic rings. The lowest BCUT2D eigenvalue weighted by Crippen LogP contribution is -2.11. The van der Waals surface area contributed by atoms with Crippen molar-refractivity contribution in [3.8, 4) is 28.7 Å². The summed E-state index contributed by atoms with van der Waals surface area (Å²) < 4.78 is 36.7. The summed E-state index contributed by atoms with van der Waals surface area (Å²) in [5.41, 5.74) is 2.07. The van der Waals surface area contributed by atoms with E-state index in [-0.39, 0.29) is 5.82 Å². The first kappa shape index (κ1) is 21.4. The maximum Gasteiger partial charge on any atom is 0.211 e. The van der Waals surface area contributed by atoms with Gasteiger partial charge in [-0.05, 0) is 48.5 Å². The number of hydrogen-bond donors (Lipinski definition) is 0. The molecule has 0 N–H and O–H groups in total. The summed E-state index contributed by atoms with van der Waals surface area (Å²) in [4.78, 5) is 5.20. The van der Waals surface area contributed by atoms with Gasteiger partial charge in [0.05, 0.1) is 39.5 Å². The normalized spacial score (nSPS) is 11.8. The number of thiazole rings is 1.